The van der Waals surface area contributed by atoms with E-state index in [1.807, 2.05) is 0 Å². The maximum Gasteiger partial charge on any atom is 0.371 e. The summed E-state index contributed by atoms with van der Waals surface area (Å²) in [4.78, 5) is 12.4. The van der Waals surface area contributed by atoms with E-state index in [-0.39, 0.29) is 10.9 Å². The van der Waals surface area contributed by atoms with Crippen LogP contribution in [-0.2, 0) is 5.33 Å². The normalized spacial score (nSPS) is 10.7. The van der Waals surface area contributed by atoms with Gasteiger partial charge >= 0.3 is 11.8 Å². The summed E-state index contributed by atoms with van der Waals surface area (Å²) < 4.78 is 37.5. The first-order valence-corrected chi connectivity index (χ1v) is 4.77. The number of pyridine rings is 1. The molecule has 0 aliphatic carbocycles. The molecule has 0 aromatic carbocycles. The molecule has 1 rings (SSSR count). The summed E-state index contributed by atoms with van der Waals surface area (Å²) >= 11 is 2.82. The van der Waals surface area contributed by atoms with Crippen molar-refractivity contribution in [2.75, 3.05) is 0 Å². The van der Waals surface area contributed by atoms with Gasteiger partial charge in [-0.15, -0.1) is 0 Å². The minimum absolute atomic E-state index is 0.184. The van der Waals surface area contributed by atoms with Crippen molar-refractivity contribution in [2.24, 2.45) is 0 Å². The maximum absolute atomic E-state index is 12.7. The van der Waals surface area contributed by atoms with Crippen molar-refractivity contribution >= 4 is 21.7 Å². The number of halogens is 4. The molecule has 0 fully saturated rings. The minimum atomic E-state index is -2.98. The van der Waals surface area contributed by atoms with Gasteiger partial charge < -0.3 is 10.1 Å². The average Bonchev–Trinajstić information content (AvgIpc) is 2.16. The Hall–Kier alpha value is -1.18. The molecule has 0 saturated heterocycles. The van der Waals surface area contributed by atoms with Gasteiger partial charge in [0.2, 0.25) is 0 Å². The molecule has 0 N–H and O–H groups in total. The number of nitro groups is 1. The van der Waals surface area contributed by atoms with Gasteiger partial charge in [0.15, 0.2) is 0 Å². The Balaban J connectivity index is 3.45. The second-order valence-electron chi connectivity index (χ2n) is 2.53. The van der Waals surface area contributed by atoms with Crippen LogP contribution in [0.2, 0.25) is 0 Å². The van der Waals surface area contributed by atoms with Crippen molar-refractivity contribution in [2.45, 2.75) is 11.8 Å². The van der Waals surface area contributed by atoms with Crippen LogP contribution in [0.5, 0.6) is 0 Å². The molecule has 0 aliphatic rings. The standard InChI is InChI=1S/C7H4BrF3N2O2/c8-2-4-3(6(10)11)1-5(9)12-7(4)13(14)15/h1,6H,2H2. The van der Waals surface area contributed by atoms with Crippen LogP contribution in [-0.4, -0.2) is 9.91 Å². The highest BCUT2D eigenvalue weighted by Crippen LogP contribution is 2.30. The van der Waals surface area contributed by atoms with Crippen LogP contribution >= 0.6 is 15.9 Å². The van der Waals surface area contributed by atoms with E-state index >= 15 is 0 Å². The zero-order valence-corrected chi connectivity index (χ0v) is 8.67. The van der Waals surface area contributed by atoms with Crippen LogP contribution in [0.4, 0.5) is 19.0 Å². The summed E-state index contributed by atoms with van der Waals surface area (Å²) in [5.74, 6) is -2.18. The first kappa shape index (κ1) is 11.9. The van der Waals surface area contributed by atoms with Crippen molar-refractivity contribution in [1.82, 2.24) is 4.98 Å². The van der Waals surface area contributed by atoms with E-state index in [1.165, 1.54) is 0 Å². The molecule has 4 nitrogen and oxygen atoms in total. The van der Waals surface area contributed by atoms with Crippen molar-refractivity contribution in [3.63, 3.8) is 0 Å². The molecule has 0 radical (unpaired) electrons. The fourth-order valence-corrected chi connectivity index (χ4v) is 1.60. The van der Waals surface area contributed by atoms with Crippen molar-refractivity contribution in [3.8, 4) is 0 Å². The number of hydrogen-bond acceptors (Lipinski definition) is 3. The van der Waals surface area contributed by atoms with Gasteiger partial charge in [-0.25, -0.2) is 8.78 Å². The van der Waals surface area contributed by atoms with E-state index in [1.54, 1.807) is 0 Å². The van der Waals surface area contributed by atoms with Gasteiger partial charge in [-0.3, -0.25) is 0 Å². The summed E-state index contributed by atoms with van der Waals surface area (Å²) in [6.45, 7) is 0. The average molecular weight is 285 g/mol. The highest BCUT2D eigenvalue weighted by Gasteiger charge is 2.26. The Morgan fingerprint density at radius 1 is 1.60 bits per heavy atom. The summed E-state index contributed by atoms with van der Waals surface area (Å²) in [5, 5.41) is 10.2. The van der Waals surface area contributed by atoms with E-state index in [4.69, 9.17) is 0 Å². The van der Waals surface area contributed by atoms with Gasteiger partial charge in [-0.1, -0.05) is 15.9 Å². The molecule has 0 atom stereocenters. The summed E-state index contributed by atoms with van der Waals surface area (Å²) in [6, 6.07) is 0.494. The second-order valence-corrected chi connectivity index (χ2v) is 3.09. The van der Waals surface area contributed by atoms with E-state index in [9.17, 15) is 23.3 Å². The van der Waals surface area contributed by atoms with Crippen LogP contribution in [0, 0.1) is 16.1 Å². The van der Waals surface area contributed by atoms with Crippen LogP contribution in [0.3, 0.4) is 0 Å². The molecule has 0 saturated carbocycles. The van der Waals surface area contributed by atoms with Crippen molar-refractivity contribution < 1.29 is 18.1 Å². The van der Waals surface area contributed by atoms with E-state index in [2.05, 4.69) is 20.9 Å². The monoisotopic (exact) mass is 284 g/mol. The van der Waals surface area contributed by atoms with Gasteiger partial charge in [0.25, 0.3) is 6.43 Å². The zero-order chi connectivity index (χ0) is 11.6. The molecule has 0 spiro atoms. The molecule has 15 heavy (non-hydrogen) atoms. The number of aromatic nitrogens is 1. The lowest BCUT2D eigenvalue weighted by Gasteiger charge is -2.05. The lowest BCUT2D eigenvalue weighted by atomic mass is 10.1. The predicted octanol–water partition coefficient (Wildman–Crippen LogP) is 2.96. The third-order valence-corrected chi connectivity index (χ3v) is 2.21. The molecule has 0 amide bonds. The van der Waals surface area contributed by atoms with Gasteiger partial charge in [-0.2, -0.15) is 4.39 Å². The number of rotatable bonds is 3. The summed E-state index contributed by atoms with van der Waals surface area (Å²) in [5.41, 5.74) is -1.03. The highest BCUT2D eigenvalue weighted by molar-refractivity contribution is 9.08. The maximum atomic E-state index is 12.7. The molecule has 1 aromatic heterocycles. The van der Waals surface area contributed by atoms with Crippen molar-refractivity contribution in [1.29, 1.82) is 0 Å². The largest absolute Gasteiger partial charge is 0.371 e. The fourth-order valence-electron chi connectivity index (χ4n) is 1.03. The van der Waals surface area contributed by atoms with Crippen molar-refractivity contribution in [3.05, 3.63) is 33.3 Å². The summed E-state index contributed by atoms with van der Waals surface area (Å²) in [7, 11) is 0. The van der Waals surface area contributed by atoms with E-state index in [0.29, 0.717) is 6.07 Å². The second kappa shape index (κ2) is 4.56. The molecule has 1 aromatic rings. The molecule has 0 aliphatic heterocycles. The lowest BCUT2D eigenvalue weighted by Crippen LogP contribution is -2.04. The molecular weight excluding hydrogens is 281 g/mol. The molecule has 0 bridgehead atoms. The van der Waals surface area contributed by atoms with Gasteiger partial charge in [0.1, 0.15) is 0 Å². The lowest BCUT2D eigenvalue weighted by molar-refractivity contribution is -0.390. The number of hydrogen-bond donors (Lipinski definition) is 0. The SMILES string of the molecule is O=[N+]([O-])c1nc(F)cc(C(F)F)c1CBr. The van der Waals surface area contributed by atoms with Gasteiger partial charge in [0.05, 0.1) is 5.56 Å². The van der Waals surface area contributed by atoms with E-state index < -0.39 is 28.7 Å². The molecule has 8 heteroatoms. The van der Waals surface area contributed by atoms with Crippen LogP contribution in [0.25, 0.3) is 0 Å². The third-order valence-electron chi connectivity index (χ3n) is 1.65. The van der Waals surface area contributed by atoms with Gasteiger partial charge in [0, 0.05) is 17.0 Å². The van der Waals surface area contributed by atoms with Gasteiger partial charge in [-0.05, 0) is 9.91 Å². The molecule has 1 heterocycles. The van der Waals surface area contributed by atoms with Crippen LogP contribution in [0.1, 0.15) is 17.6 Å². The quantitative estimate of drug-likeness (QED) is 0.371. The molecule has 82 valence electrons. The Morgan fingerprint density at radius 3 is 2.60 bits per heavy atom. The smallest absolute Gasteiger partial charge is 0.358 e. The Kier molecular flexibility index (Phi) is 3.61. The Labute approximate surface area is 90.4 Å². The van der Waals surface area contributed by atoms with Crippen LogP contribution < -0.4 is 0 Å². The minimum Gasteiger partial charge on any atom is -0.358 e. The fraction of sp³-hybridized carbons (Fsp3) is 0.286. The third kappa shape index (κ3) is 2.44. The summed E-state index contributed by atoms with van der Waals surface area (Å²) in [6.07, 6.45) is -2.98. The zero-order valence-electron chi connectivity index (χ0n) is 7.08. The first-order valence-electron chi connectivity index (χ1n) is 3.65. The highest BCUT2D eigenvalue weighted by atomic mass is 79.9. The van der Waals surface area contributed by atoms with Crippen LogP contribution in [0.15, 0.2) is 6.07 Å². The molecule has 0 unspecified atom stereocenters. The predicted molar refractivity (Wildman–Crippen MR) is 48.4 cm³/mol. The number of alkyl halides is 3. The van der Waals surface area contributed by atoms with E-state index in [0.717, 1.165) is 0 Å². The topological polar surface area (TPSA) is 56.0 Å². The molecular formula is C7H4BrF3N2O2. The Morgan fingerprint density at radius 2 is 2.20 bits per heavy atom. The first-order chi connectivity index (χ1) is 6.97. The Bertz CT molecular complexity index is 400. The number of nitrogens with zero attached hydrogens (tertiary/aromatic N) is 2.